The molecule has 1 amide bonds. The van der Waals surface area contributed by atoms with Crippen LogP contribution in [-0.4, -0.2) is 69.7 Å². The van der Waals surface area contributed by atoms with Crippen molar-refractivity contribution in [2.24, 2.45) is 0 Å². The molecule has 9 heteroatoms. The Labute approximate surface area is 172 Å². The molecule has 1 saturated heterocycles. The minimum absolute atomic E-state index is 0.0731. The van der Waals surface area contributed by atoms with Crippen molar-refractivity contribution in [3.8, 4) is 22.8 Å². The highest BCUT2D eigenvalue weighted by atomic mass is 32.2. The number of methoxy groups -OCH3 is 1. The predicted molar refractivity (Wildman–Crippen MR) is 109 cm³/mol. The summed E-state index contributed by atoms with van der Waals surface area (Å²) in [5.74, 6) is 1.78. The normalized spacial score (nSPS) is 14.0. The standard InChI is InChI=1S/C20H21N5O3S/c1-27-17-4-2-3-16(13-17)25-19(15-5-7-21-8-6-15)22-23-20(25)29-14-18(26)24-9-11-28-12-10-24/h2-8,13H,9-12,14H2,1H3. The quantitative estimate of drug-likeness (QED) is 0.576. The van der Waals surface area contributed by atoms with Crippen LogP contribution >= 0.6 is 11.8 Å². The largest absolute Gasteiger partial charge is 0.497 e. The molecule has 1 aromatic carbocycles. The second-order valence-electron chi connectivity index (χ2n) is 6.36. The fraction of sp³-hybridized carbons (Fsp3) is 0.300. The lowest BCUT2D eigenvalue weighted by Crippen LogP contribution is -2.41. The van der Waals surface area contributed by atoms with E-state index in [1.807, 2.05) is 45.9 Å². The van der Waals surface area contributed by atoms with Crippen LogP contribution in [-0.2, 0) is 9.53 Å². The molecule has 0 bridgehead atoms. The predicted octanol–water partition coefficient (Wildman–Crippen LogP) is 2.29. The van der Waals surface area contributed by atoms with Crippen molar-refractivity contribution >= 4 is 17.7 Å². The number of benzene rings is 1. The number of hydrogen-bond acceptors (Lipinski definition) is 7. The number of carbonyl (C=O) groups excluding carboxylic acids is 1. The summed E-state index contributed by atoms with van der Waals surface area (Å²) in [6.07, 6.45) is 3.43. The van der Waals surface area contributed by atoms with E-state index in [4.69, 9.17) is 9.47 Å². The lowest BCUT2D eigenvalue weighted by atomic mass is 10.2. The molecule has 0 spiro atoms. The molecule has 0 radical (unpaired) electrons. The molecule has 0 saturated carbocycles. The van der Waals surface area contributed by atoms with E-state index in [-0.39, 0.29) is 5.91 Å². The number of amides is 1. The summed E-state index contributed by atoms with van der Waals surface area (Å²) >= 11 is 1.37. The molecule has 1 fully saturated rings. The molecule has 8 nitrogen and oxygen atoms in total. The van der Waals surface area contributed by atoms with Crippen molar-refractivity contribution in [3.05, 3.63) is 48.8 Å². The SMILES string of the molecule is COc1cccc(-n2c(SCC(=O)N3CCOCC3)nnc2-c2ccncc2)c1. The third-order valence-corrected chi connectivity index (χ3v) is 5.49. The van der Waals surface area contributed by atoms with Gasteiger partial charge in [0.15, 0.2) is 11.0 Å². The average Bonchev–Trinajstić information content (AvgIpc) is 3.22. The molecule has 0 atom stereocenters. The van der Waals surface area contributed by atoms with Gasteiger partial charge in [0.05, 0.1) is 31.8 Å². The van der Waals surface area contributed by atoms with Crippen molar-refractivity contribution in [3.63, 3.8) is 0 Å². The van der Waals surface area contributed by atoms with Gasteiger partial charge in [-0.05, 0) is 24.3 Å². The van der Waals surface area contributed by atoms with Gasteiger partial charge < -0.3 is 14.4 Å². The molecule has 2 aromatic heterocycles. The number of rotatable bonds is 6. The van der Waals surface area contributed by atoms with E-state index in [2.05, 4.69) is 15.2 Å². The van der Waals surface area contributed by atoms with Crippen molar-refractivity contribution in [1.29, 1.82) is 0 Å². The van der Waals surface area contributed by atoms with Gasteiger partial charge in [0.2, 0.25) is 5.91 Å². The Morgan fingerprint density at radius 2 is 1.97 bits per heavy atom. The summed E-state index contributed by atoms with van der Waals surface area (Å²) in [5, 5.41) is 9.39. The fourth-order valence-electron chi connectivity index (χ4n) is 3.06. The Hall–Kier alpha value is -2.91. The van der Waals surface area contributed by atoms with Crippen LogP contribution in [0, 0.1) is 0 Å². The van der Waals surface area contributed by atoms with E-state index < -0.39 is 0 Å². The van der Waals surface area contributed by atoms with Gasteiger partial charge in [-0.2, -0.15) is 0 Å². The number of morpholine rings is 1. The lowest BCUT2D eigenvalue weighted by Gasteiger charge is -2.26. The van der Waals surface area contributed by atoms with Gasteiger partial charge in [0, 0.05) is 37.1 Å². The molecule has 0 N–H and O–H groups in total. The van der Waals surface area contributed by atoms with Crippen molar-refractivity contribution < 1.29 is 14.3 Å². The zero-order valence-electron chi connectivity index (χ0n) is 16.0. The van der Waals surface area contributed by atoms with Crippen LogP contribution in [0.3, 0.4) is 0 Å². The van der Waals surface area contributed by atoms with E-state index in [1.165, 1.54) is 11.8 Å². The number of carbonyl (C=O) groups is 1. The maximum atomic E-state index is 12.6. The van der Waals surface area contributed by atoms with Crippen LogP contribution in [0.1, 0.15) is 0 Å². The van der Waals surface area contributed by atoms with Crippen LogP contribution in [0.5, 0.6) is 5.75 Å². The first kappa shape index (κ1) is 19.4. The van der Waals surface area contributed by atoms with E-state index in [1.54, 1.807) is 19.5 Å². The number of thioether (sulfide) groups is 1. The van der Waals surface area contributed by atoms with Gasteiger partial charge in [-0.1, -0.05) is 17.8 Å². The molecular formula is C20H21N5O3S. The van der Waals surface area contributed by atoms with E-state index >= 15 is 0 Å². The highest BCUT2D eigenvalue weighted by molar-refractivity contribution is 7.99. The molecule has 1 aliphatic heterocycles. The van der Waals surface area contributed by atoms with Gasteiger partial charge in [-0.15, -0.1) is 10.2 Å². The summed E-state index contributed by atoms with van der Waals surface area (Å²) < 4.78 is 12.6. The minimum Gasteiger partial charge on any atom is -0.497 e. The Kier molecular flexibility index (Phi) is 6.06. The zero-order chi connectivity index (χ0) is 20.1. The van der Waals surface area contributed by atoms with E-state index in [9.17, 15) is 4.79 Å². The smallest absolute Gasteiger partial charge is 0.233 e. The van der Waals surface area contributed by atoms with Crippen LogP contribution < -0.4 is 4.74 Å². The van der Waals surface area contributed by atoms with Gasteiger partial charge in [-0.3, -0.25) is 14.3 Å². The summed E-state index contributed by atoms with van der Waals surface area (Å²) in [7, 11) is 1.63. The zero-order valence-corrected chi connectivity index (χ0v) is 16.8. The lowest BCUT2D eigenvalue weighted by molar-refractivity contribution is -0.132. The molecular weight excluding hydrogens is 390 g/mol. The van der Waals surface area contributed by atoms with E-state index in [0.29, 0.717) is 43.0 Å². The van der Waals surface area contributed by atoms with Crippen LogP contribution in [0.4, 0.5) is 0 Å². The summed E-state index contributed by atoms with van der Waals surface area (Å²) in [6.45, 7) is 2.43. The second kappa shape index (κ2) is 9.06. The maximum absolute atomic E-state index is 12.6. The summed E-state index contributed by atoms with van der Waals surface area (Å²) in [6, 6.07) is 11.4. The van der Waals surface area contributed by atoms with Gasteiger partial charge in [0.25, 0.3) is 0 Å². The van der Waals surface area contributed by atoms with Gasteiger partial charge >= 0.3 is 0 Å². The maximum Gasteiger partial charge on any atom is 0.233 e. The monoisotopic (exact) mass is 411 g/mol. The summed E-state index contributed by atoms with van der Waals surface area (Å²) in [4.78, 5) is 18.5. The fourth-order valence-corrected chi connectivity index (χ4v) is 3.92. The molecule has 3 heterocycles. The van der Waals surface area contributed by atoms with E-state index in [0.717, 1.165) is 17.0 Å². The van der Waals surface area contributed by atoms with Crippen LogP contribution in [0.15, 0.2) is 53.9 Å². The topological polar surface area (TPSA) is 82.4 Å². The number of hydrogen-bond donors (Lipinski definition) is 0. The van der Waals surface area contributed by atoms with Crippen LogP contribution in [0.2, 0.25) is 0 Å². The molecule has 0 unspecified atom stereocenters. The molecule has 1 aliphatic rings. The molecule has 0 aliphatic carbocycles. The highest BCUT2D eigenvalue weighted by Gasteiger charge is 2.21. The number of pyridine rings is 1. The Morgan fingerprint density at radius 3 is 2.72 bits per heavy atom. The first-order valence-corrected chi connectivity index (χ1v) is 10.2. The van der Waals surface area contributed by atoms with Gasteiger partial charge in [-0.25, -0.2) is 0 Å². The van der Waals surface area contributed by atoms with Gasteiger partial charge in [0.1, 0.15) is 5.75 Å². The number of aromatic nitrogens is 4. The third kappa shape index (κ3) is 4.41. The minimum atomic E-state index is 0.0731. The molecule has 29 heavy (non-hydrogen) atoms. The number of ether oxygens (including phenoxy) is 2. The molecule has 150 valence electrons. The van der Waals surface area contributed by atoms with Crippen LogP contribution in [0.25, 0.3) is 17.1 Å². The summed E-state index contributed by atoms with van der Waals surface area (Å²) in [5.41, 5.74) is 1.75. The third-order valence-electron chi connectivity index (χ3n) is 4.57. The Morgan fingerprint density at radius 1 is 1.17 bits per heavy atom. The Bertz CT molecular complexity index is 973. The highest BCUT2D eigenvalue weighted by Crippen LogP contribution is 2.29. The van der Waals surface area contributed by atoms with Crippen molar-refractivity contribution in [2.45, 2.75) is 5.16 Å². The molecule has 3 aromatic rings. The number of nitrogens with zero attached hydrogens (tertiary/aromatic N) is 5. The van der Waals surface area contributed by atoms with Crippen molar-refractivity contribution in [1.82, 2.24) is 24.6 Å². The first-order chi connectivity index (χ1) is 14.3. The average molecular weight is 411 g/mol. The Balaban J connectivity index is 1.64. The second-order valence-corrected chi connectivity index (χ2v) is 7.30. The molecule has 4 rings (SSSR count). The first-order valence-electron chi connectivity index (χ1n) is 9.25. The van der Waals surface area contributed by atoms with Crippen molar-refractivity contribution in [2.75, 3.05) is 39.2 Å².